The fourth-order valence-electron chi connectivity index (χ4n) is 1.75. The largest absolute Gasteiger partial charge is 0.383 e. The van der Waals surface area contributed by atoms with Crippen LogP contribution in [0.5, 0.6) is 0 Å². The number of hydrogen-bond donors (Lipinski definition) is 1. The predicted molar refractivity (Wildman–Crippen MR) is 79.1 cm³/mol. The molecule has 20 heavy (non-hydrogen) atoms. The first kappa shape index (κ1) is 16.5. The van der Waals surface area contributed by atoms with Crippen LogP contribution in [-0.2, 0) is 14.3 Å². The predicted octanol–water partition coefficient (Wildman–Crippen LogP) is 1.76. The Morgan fingerprint density at radius 2 is 2.10 bits per heavy atom. The first-order valence-electron chi connectivity index (χ1n) is 6.26. The molecule has 2 amide bonds. The minimum Gasteiger partial charge on any atom is -0.383 e. The monoisotopic (exact) mass is 298 g/mol. The van der Waals surface area contributed by atoms with Crippen LogP contribution >= 0.6 is 11.6 Å². The van der Waals surface area contributed by atoms with Crippen molar-refractivity contribution >= 4 is 29.1 Å². The maximum Gasteiger partial charge on any atom is 0.240 e. The molecule has 0 saturated heterocycles. The van der Waals surface area contributed by atoms with Crippen LogP contribution in [0.4, 0.5) is 5.69 Å². The van der Waals surface area contributed by atoms with E-state index < -0.39 is 0 Å². The number of carbonyl (C=O) groups is 2. The van der Waals surface area contributed by atoms with Gasteiger partial charge in [0.05, 0.1) is 6.61 Å². The van der Waals surface area contributed by atoms with Gasteiger partial charge in [0.25, 0.3) is 0 Å². The third-order valence-electron chi connectivity index (χ3n) is 2.84. The summed E-state index contributed by atoms with van der Waals surface area (Å²) >= 11 is 6.05. The van der Waals surface area contributed by atoms with Gasteiger partial charge >= 0.3 is 0 Å². The Hall–Kier alpha value is -1.59. The second-order valence-electron chi connectivity index (χ2n) is 4.33. The lowest BCUT2D eigenvalue weighted by atomic mass is 10.1. The first-order chi connectivity index (χ1) is 9.47. The molecule has 1 N–H and O–H groups in total. The van der Waals surface area contributed by atoms with Crippen LogP contribution in [0.3, 0.4) is 0 Å². The molecule has 1 aromatic carbocycles. The maximum atomic E-state index is 11.8. The zero-order valence-corrected chi connectivity index (χ0v) is 12.7. The normalized spacial score (nSPS) is 10.2. The van der Waals surface area contributed by atoms with Gasteiger partial charge in [-0.25, -0.2) is 0 Å². The van der Waals surface area contributed by atoms with Crippen molar-refractivity contribution in [3.05, 3.63) is 28.8 Å². The van der Waals surface area contributed by atoms with E-state index in [1.54, 1.807) is 25.3 Å². The summed E-state index contributed by atoms with van der Waals surface area (Å²) in [5.41, 5.74) is 1.42. The molecule has 0 aliphatic carbocycles. The van der Waals surface area contributed by atoms with Crippen LogP contribution in [0.2, 0.25) is 5.02 Å². The Balaban J connectivity index is 2.82. The number of hydrogen-bond acceptors (Lipinski definition) is 3. The first-order valence-corrected chi connectivity index (χ1v) is 6.64. The standard InChI is InChI=1S/C14H19ClN2O3/c1-10-12(15)5-4-6-13(10)17(11(2)18)9-14(19)16-7-8-20-3/h4-6H,7-9H2,1-3H3,(H,16,19). The van der Waals surface area contributed by atoms with Crippen molar-refractivity contribution in [1.82, 2.24) is 5.32 Å². The van der Waals surface area contributed by atoms with E-state index in [2.05, 4.69) is 5.32 Å². The molecule has 6 heteroatoms. The number of anilines is 1. The summed E-state index contributed by atoms with van der Waals surface area (Å²) in [5.74, 6) is -0.450. The van der Waals surface area contributed by atoms with E-state index >= 15 is 0 Å². The quantitative estimate of drug-likeness (QED) is 0.814. The van der Waals surface area contributed by atoms with E-state index in [0.717, 1.165) is 5.56 Å². The van der Waals surface area contributed by atoms with E-state index in [1.807, 2.05) is 6.92 Å². The minimum atomic E-state index is -0.239. The minimum absolute atomic E-state index is 0.0414. The van der Waals surface area contributed by atoms with Crippen LogP contribution < -0.4 is 10.2 Å². The van der Waals surface area contributed by atoms with Gasteiger partial charge in [0, 0.05) is 31.3 Å². The summed E-state index contributed by atoms with van der Waals surface area (Å²) in [5, 5.41) is 3.25. The van der Waals surface area contributed by atoms with Crippen molar-refractivity contribution in [3.63, 3.8) is 0 Å². The summed E-state index contributed by atoms with van der Waals surface area (Å²) in [6.07, 6.45) is 0. The number of nitrogens with one attached hydrogen (secondary N) is 1. The summed E-state index contributed by atoms with van der Waals surface area (Å²) in [4.78, 5) is 25.0. The molecular weight excluding hydrogens is 280 g/mol. The molecule has 5 nitrogen and oxygen atoms in total. The molecule has 0 saturated carbocycles. The number of ether oxygens (including phenoxy) is 1. The lowest BCUT2D eigenvalue weighted by Gasteiger charge is -2.23. The molecular formula is C14H19ClN2O3. The summed E-state index contributed by atoms with van der Waals surface area (Å²) < 4.78 is 4.85. The van der Waals surface area contributed by atoms with Gasteiger partial charge in [-0.2, -0.15) is 0 Å². The van der Waals surface area contributed by atoms with Crippen molar-refractivity contribution in [2.75, 3.05) is 31.7 Å². The Labute approximate surface area is 123 Å². The molecule has 0 atom stereocenters. The number of nitrogens with zero attached hydrogens (tertiary/aromatic N) is 1. The average molecular weight is 299 g/mol. The highest BCUT2D eigenvalue weighted by molar-refractivity contribution is 6.31. The van der Waals surface area contributed by atoms with Crippen LogP contribution in [0, 0.1) is 6.92 Å². The van der Waals surface area contributed by atoms with Gasteiger partial charge in [0.15, 0.2) is 0 Å². The van der Waals surface area contributed by atoms with E-state index in [9.17, 15) is 9.59 Å². The van der Waals surface area contributed by atoms with Gasteiger partial charge in [-0.3, -0.25) is 9.59 Å². The van der Waals surface area contributed by atoms with Gasteiger partial charge in [-0.1, -0.05) is 17.7 Å². The van der Waals surface area contributed by atoms with Crippen molar-refractivity contribution in [2.24, 2.45) is 0 Å². The van der Waals surface area contributed by atoms with Gasteiger partial charge in [0.1, 0.15) is 6.54 Å². The molecule has 0 unspecified atom stereocenters. The van der Waals surface area contributed by atoms with Crippen LogP contribution in [0.15, 0.2) is 18.2 Å². The van der Waals surface area contributed by atoms with Gasteiger partial charge in [0.2, 0.25) is 11.8 Å². The molecule has 0 bridgehead atoms. The van der Waals surface area contributed by atoms with E-state index in [0.29, 0.717) is 23.9 Å². The molecule has 1 aromatic rings. The van der Waals surface area contributed by atoms with Gasteiger partial charge in [-0.05, 0) is 24.6 Å². The van der Waals surface area contributed by atoms with E-state index in [-0.39, 0.29) is 18.4 Å². The molecule has 0 aliphatic heterocycles. The number of methoxy groups -OCH3 is 1. The number of amides is 2. The molecule has 0 heterocycles. The zero-order valence-electron chi connectivity index (χ0n) is 11.9. The Morgan fingerprint density at radius 1 is 1.40 bits per heavy atom. The lowest BCUT2D eigenvalue weighted by molar-refractivity contribution is -0.123. The van der Waals surface area contributed by atoms with Gasteiger partial charge in [-0.15, -0.1) is 0 Å². The van der Waals surface area contributed by atoms with Crippen LogP contribution in [-0.4, -0.2) is 38.6 Å². The van der Waals surface area contributed by atoms with E-state index in [4.69, 9.17) is 16.3 Å². The molecule has 0 spiro atoms. The smallest absolute Gasteiger partial charge is 0.240 e. The molecule has 0 aliphatic rings. The molecule has 1 rings (SSSR count). The van der Waals surface area contributed by atoms with E-state index in [1.165, 1.54) is 11.8 Å². The third kappa shape index (κ3) is 4.51. The van der Waals surface area contributed by atoms with Crippen LogP contribution in [0.25, 0.3) is 0 Å². The lowest BCUT2D eigenvalue weighted by Crippen LogP contribution is -2.41. The molecule has 0 aromatic heterocycles. The highest BCUT2D eigenvalue weighted by atomic mass is 35.5. The molecule has 0 radical (unpaired) electrons. The summed E-state index contributed by atoms with van der Waals surface area (Å²) in [7, 11) is 1.56. The number of rotatable bonds is 6. The number of carbonyl (C=O) groups excluding carboxylic acids is 2. The summed E-state index contributed by atoms with van der Waals surface area (Å²) in [6, 6.07) is 5.27. The summed E-state index contributed by atoms with van der Waals surface area (Å²) in [6.45, 7) is 4.04. The number of halogens is 1. The highest BCUT2D eigenvalue weighted by Gasteiger charge is 2.18. The van der Waals surface area contributed by atoms with Crippen molar-refractivity contribution in [3.8, 4) is 0 Å². The molecule has 110 valence electrons. The van der Waals surface area contributed by atoms with Gasteiger partial charge < -0.3 is 15.0 Å². The molecule has 0 fully saturated rings. The van der Waals surface area contributed by atoms with Crippen molar-refractivity contribution in [1.29, 1.82) is 0 Å². The average Bonchev–Trinajstić information content (AvgIpc) is 2.40. The number of benzene rings is 1. The SMILES string of the molecule is COCCNC(=O)CN(C(C)=O)c1cccc(Cl)c1C. The maximum absolute atomic E-state index is 11.8. The van der Waals surface area contributed by atoms with Crippen molar-refractivity contribution in [2.45, 2.75) is 13.8 Å². The second-order valence-corrected chi connectivity index (χ2v) is 4.74. The third-order valence-corrected chi connectivity index (χ3v) is 3.25. The Kier molecular flexibility index (Phi) is 6.48. The fraction of sp³-hybridized carbons (Fsp3) is 0.429. The Bertz CT molecular complexity index is 491. The topological polar surface area (TPSA) is 58.6 Å². The highest BCUT2D eigenvalue weighted by Crippen LogP contribution is 2.26. The van der Waals surface area contributed by atoms with Crippen molar-refractivity contribution < 1.29 is 14.3 Å². The van der Waals surface area contributed by atoms with Crippen LogP contribution in [0.1, 0.15) is 12.5 Å². The Morgan fingerprint density at radius 3 is 2.70 bits per heavy atom. The zero-order chi connectivity index (χ0) is 15.1. The fourth-order valence-corrected chi connectivity index (χ4v) is 1.92. The second kappa shape index (κ2) is 7.87.